The lowest BCUT2D eigenvalue weighted by Gasteiger charge is -2.26. The van der Waals surface area contributed by atoms with E-state index in [2.05, 4.69) is 20.6 Å². The third-order valence-electron chi connectivity index (χ3n) is 3.37. The first kappa shape index (κ1) is 13.5. The highest BCUT2D eigenvalue weighted by Crippen LogP contribution is 2.28. The van der Waals surface area contributed by atoms with Gasteiger partial charge in [-0.1, -0.05) is 12.1 Å². The molecule has 6 heteroatoms. The Labute approximate surface area is 122 Å². The zero-order valence-corrected chi connectivity index (χ0v) is 11.6. The molecular formula is C15H18N4O2. The van der Waals surface area contributed by atoms with Crippen molar-refractivity contribution >= 4 is 11.6 Å². The standard InChI is InChI=1S/C15H18N4O2/c20-15(18-7-3-6-14-16-8-9-17-14)13-10-19-11-4-1-2-5-12(11)21-13/h1-2,4-5,8-9,13,19H,3,6-7,10H2,(H,16,17)(H,18,20). The molecule has 0 saturated carbocycles. The van der Waals surface area contributed by atoms with Crippen LogP contribution in [0.1, 0.15) is 12.2 Å². The first-order valence-corrected chi connectivity index (χ1v) is 7.08. The van der Waals surface area contributed by atoms with Crippen molar-refractivity contribution in [1.82, 2.24) is 15.3 Å². The number of para-hydroxylation sites is 2. The van der Waals surface area contributed by atoms with Crippen molar-refractivity contribution in [1.29, 1.82) is 0 Å². The number of benzene rings is 1. The molecule has 1 aliphatic heterocycles. The van der Waals surface area contributed by atoms with E-state index in [4.69, 9.17) is 4.74 Å². The quantitative estimate of drug-likeness (QED) is 0.725. The predicted molar refractivity (Wildman–Crippen MR) is 79.3 cm³/mol. The van der Waals surface area contributed by atoms with E-state index >= 15 is 0 Å². The summed E-state index contributed by atoms with van der Waals surface area (Å²) in [6.45, 7) is 1.10. The van der Waals surface area contributed by atoms with Gasteiger partial charge in [0.15, 0.2) is 6.10 Å². The third kappa shape index (κ3) is 3.34. The molecule has 1 amide bonds. The summed E-state index contributed by atoms with van der Waals surface area (Å²) in [6, 6.07) is 7.62. The molecule has 6 nitrogen and oxygen atoms in total. The number of aromatic nitrogens is 2. The summed E-state index contributed by atoms with van der Waals surface area (Å²) in [5, 5.41) is 6.11. The van der Waals surface area contributed by atoms with Crippen LogP contribution in [0.4, 0.5) is 5.69 Å². The minimum atomic E-state index is -0.483. The van der Waals surface area contributed by atoms with Crippen LogP contribution in [-0.4, -0.2) is 35.1 Å². The van der Waals surface area contributed by atoms with Crippen molar-refractivity contribution in [3.8, 4) is 5.75 Å². The molecule has 1 atom stereocenters. The second-order valence-corrected chi connectivity index (χ2v) is 4.91. The van der Waals surface area contributed by atoms with Gasteiger partial charge in [-0.25, -0.2) is 4.98 Å². The number of imidazole rings is 1. The summed E-state index contributed by atoms with van der Waals surface area (Å²) in [5.41, 5.74) is 0.930. The summed E-state index contributed by atoms with van der Waals surface area (Å²) in [6.07, 6.45) is 4.71. The molecule has 1 aliphatic rings. The lowest BCUT2D eigenvalue weighted by molar-refractivity contribution is -0.127. The Morgan fingerprint density at radius 1 is 1.43 bits per heavy atom. The van der Waals surface area contributed by atoms with Gasteiger partial charge in [-0.3, -0.25) is 4.79 Å². The number of hydrogen-bond acceptors (Lipinski definition) is 4. The number of H-pyrrole nitrogens is 1. The highest BCUT2D eigenvalue weighted by molar-refractivity contribution is 5.83. The molecule has 1 unspecified atom stereocenters. The van der Waals surface area contributed by atoms with Gasteiger partial charge in [0.05, 0.1) is 12.2 Å². The molecule has 2 aromatic rings. The fraction of sp³-hybridized carbons (Fsp3) is 0.333. The van der Waals surface area contributed by atoms with E-state index in [1.54, 1.807) is 12.4 Å². The van der Waals surface area contributed by atoms with Crippen LogP contribution in [0.3, 0.4) is 0 Å². The van der Waals surface area contributed by atoms with E-state index in [0.717, 1.165) is 30.1 Å². The summed E-state index contributed by atoms with van der Waals surface area (Å²) >= 11 is 0. The van der Waals surface area contributed by atoms with Crippen LogP contribution in [0.15, 0.2) is 36.7 Å². The van der Waals surface area contributed by atoms with Crippen molar-refractivity contribution in [3.63, 3.8) is 0 Å². The van der Waals surface area contributed by atoms with Gasteiger partial charge in [0, 0.05) is 25.4 Å². The molecule has 0 spiro atoms. The van der Waals surface area contributed by atoms with E-state index in [1.165, 1.54) is 0 Å². The van der Waals surface area contributed by atoms with Crippen LogP contribution in [0.2, 0.25) is 0 Å². The normalized spacial score (nSPS) is 16.5. The molecular weight excluding hydrogens is 268 g/mol. The Bertz CT molecular complexity index is 597. The van der Waals surface area contributed by atoms with Gasteiger partial charge in [0.2, 0.25) is 0 Å². The van der Waals surface area contributed by atoms with E-state index < -0.39 is 6.10 Å². The fourth-order valence-corrected chi connectivity index (χ4v) is 2.28. The molecule has 2 heterocycles. The molecule has 3 rings (SSSR count). The van der Waals surface area contributed by atoms with Crippen LogP contribution < -0.4 is 15.4 Å². The number of amides is 1. The van der Waals surface area contributed by atoms with E-state index in [9.17, 15) is 4.79 Å². The average molecular weight is 286 g/mol. The molecule has 1 aromatic heterocycles. The maximum Gasteiger partial charge on any atom is 0.262 e. The third-order valence-corrected chi connectivity index (χ3v) is 3.37. The molecule has 110 valence electrons. The van der Waals surface area contributed by atoms with Crippen LogP contribution >= 0.6 is 0 Å². The second kappa shape index (κ2) is 6.30. The Hall–Kier alpha value is -2.50. The number of anilines is 1. The summed E-state index contributed by atoms with van der Waals surface area (Å²) in [4.78, 5) is 19.3. The number of nitrogens with zero attached hydrogens (tertiary/aromatic N) is 1. The number of nitrogens with one attached hydrogen (secondary N) is 3. The number of hydrogen-bond donors (Lipinski definition) is 3. The lowest BCUT2D eigenvalue weighted by Crippen LogP contribution is -2.45. The Kier molecular flexibility index (Phi) is 4.04. The summed E-state index contributed by atoms with van der Waals surface area (Å²) in [5.74, 6) is 1.57. The average Bonchev–Trinajstić information content (AvgIpc) is 3.04. The molecule has 21 heavy (non-hydrogen) atoms. The maximum atomic E-state index is 12.1. The number of rotatable bonds is 5. The van der Waals surface area contributed by atoms with Crippen LogP contribution in [-0.2, 0) is 11.2 Å². The van der Waals surface area contributed by atoms with Gasteiger partial charge >= 0.3 is 0 Å². The monoisotopic (exact) mass is 286 g/mol. The minimum Gasteiger partial charge on any atom is -0.477 e. The van der Waals surface area contributed by atoms with E-state index in [1.807, 2.05) is 24.3 Å². The van der Waals surface area contributed by atoms with E-state index in [-0.39, 0.29) is 5.91 Å². The summed E-state index contributed by atoms with van der Waals surface area (Å²) in [7, 11) is 0. The molecule has 0 fully saturated rings. The molecule has 0 radical (unpaired) electrons. The van der Waals surface area contributed by atoms with Crippen molar-refractivity contribution < 1.29 is 9.53 Å². The van der Waals surface area contributed by atoms with Gasteiger partial charge in [0.1, 0.15) is 11.6 Å². The maximum absolute atomic E-state index is 12.1. The van der Waals surface area contributed by atoms with Gasteiger partial charge in [-0.15, -0.1) is 0 Å². The van der Waals surface area contributed by atoms with Gasteiger partial charge in [-0.2, -0.15) is 0 Å². The SMILES string of the molecule is O=C(NCCCc1ncc[nH]1)C1CNc2ccccc2O1. The highest BCUT2D eigenvalue weighted by atomic mass is 16.5. The topological polar surface area (TPSA) is 79.0 Å². The first-order chi connectivity index (χ1) is 10.3. The smallest absolute Gasteiger partial charge is 0.262 e. The number of aromatic amines is 1. The number of carbonyl (C=O) groups excluding carboxylic acids is 1. The lowest BCUT2D eigenvalue weighted by atomic mass is 10.2. The number of aryl methyl sites for hydroxylation is 1. The fourth-order valence-electron chi connectivity index (χ4n) is 2.28. The van der Waals surface area contributed by atoms with E-state index in [0.29, 0.717) is 13.1 Å². The van der Waals surface area contributed by atoms with Crippen molar-refractivity contribution in [2.45, 2.75) is 18.9 Å². The zero-order valence-electron chi connectivity index (χ0n) is 11.6. The Balaban J connectivity index is 1.44. The van der Waals surface area contributed by atoms with Crippen molar-refractivity contribution in [2.75, 3.05) is 18.4 Å². The van der Waals surface area contributed by atoms with Crippen LogP contribution in [0, 0.1) is 0 Å². The van der Waals surface area contributed by atoms with Crippen molar-refractivity contribution in [3.05, 3.63) is 42.5 Å². The van der Waals surface area contributed by atoms with Crippen LogP contribution in [0.5, 0.6) is 5.75 Å². The number of ether oxygens (including phenoxy) is 1. The molecule has 0 saturated heterocycles. The largest absolute Gasteiger partial charge is 0.477 e. The molecule has 1 aromatic carbocycles. The molecule has 0 aliphatic carbocycles. The Morgan fingerprint density at radius 2 is 2.33 bits per heavy atom. The van der Waals surface area contributed by atoms with Gasteiger partial charge in [-0.05, 0) is 18.6 Å². The zero-order chi connectivity index (χ0) is 14.5. The highest BCUT2D eigenvalue weighted by Gasteiger charge is 2.25. The number of carbonyl (C=O) groups is 1. The Morgan fingerprint density at radius 3 is 3.19 bits per heavy atom. The molecule has 3 N–H and O–H groups in total. The van der Waals surface area contributed by atoms with Gasteiger partial charge in [0.25, 0.3) is 5.91 Å². The van der Waals surface area contributed by atoms with Crippen LogP contribution in [0.25, 0.3) is 0 Å². The first-order valence-electron chi connectivity index (χ1n) is 7.08. The predicted octanol–water partition coefficient (Wildman–Crippen LogP) is 1.33. The molecule has 0 bridgehead atoms. The van der Waals surface area contributed by atoms with Crippen molar-refractivity contribution in [2.24, 2.45) is 0 Å². The minimum absolute atomic E-state index is 0.0866. The second-order valence-electron chi connectivity index (χ2n) is 4.91. The number of fused-ring (bicyclic) bond motifs is 1. The van der Waals surface area contributed by atoms with Gasteiger partial charge < -0.3 is 20.4 Å². The summed E-state index contributed by atoms with van der Waals surface area (Å²) < 4.78 is 5.70.